The maximum Gasteiger partial charge on any atom is 0.303 e. The van der Waals surface area contributed by atoms with Crippen molar-refractivity contribution in [2.24, 2.45) is 0 Å². The second-order valence-electron chi connectivity index (χ2n) is 10.4. The lowest BCUT2D eigenvalue weighted by Gasteiger charge is -2.44. The Bertz CT molecular complexity index is 1290. The van der Waals surface area contributed by atoms with Crippen LogP contribution in [0.2, 0.25) is 5.02 Å². The van der Waals surface area contributed by atoms with E-state index in [2.05, 4.69) is 0 Å². The van der Waals surface area contributed by atoms with E-state index < -0.39 is 59.8 Å². The summed E-state index contributed by atoms with van der Waals surface area (Å²) in [6, 6.07) is 12.9. The topological polar surface area (TPSA) is 124 Å². The summed E-state index contributed by atoms with van der Waals surface area (Å²) in [5.41, 5.74) is 1.67. The summed E-state index contributed by atoms with van der Waals surface area (Å²) in [6.07, 6.45) is -5.80. The van der Waals surface area contributed by atoms with Crippen LogP contribution in [0.15, 0.2) is 42.5 Å². The average Bonchev–Trinajstić information content (AvgIpc) is 2.90. The Kier molecular flexibility index (Phi) is 11.0. The molecule has 5 atom stereocenters. The molecule has 0 saturated carbocycles. The first-order valence-electron chi connectivity index (χ1n) is 13.6. The van der Waals surface area contributed by atoms with Crippen LogP contribution in [0.25, 0.3) is 0 Å². The maximum absolute atomic E-state index is 12.3. The van der Waals surface area contributed by atoms with Crippen LogP contribution >= 0.6 is 11.6 Å². The molecular weight excluding hydrogens is 568 g/mol. The van der Waals surface area contributed by atoms with Crippen LogP contribution in [0.3, 0.4) is 0 Å². The number of esters is 4. The van der Waals surface area contributed by atoms with E-state index >= 15 is 0 Å². The van der Waals surface area contributed by atoms with E-state index in [4.69, 9.17) is 40.0 Å². The molecule has 1 heterocycles. The zero-order valence-electron chi connectivity index (χ0n) is 24.8. The third kappa shape index (κ3) is 8.01. The quantitative estimate of drug-likeness (QED) is 0.274. The van der Waals surface area contributed by atoms with Crippen molar-refractivity contribution in [1.29, 1.82) is 0 Å². The number of carbonyl (C=O) groups excluding carboxylic acids is 4. The van der Waals surface area contributed by atoms with Gasteiger partial charge in [-0.15, -0.1) is 0 Å². The van der Waals surface area contributed by atoms with Gasteiger partial charge in [-0.3, -0.25) is 19.2 Å². The molecule has 0 N–H and O–H groups in total. The zero-order chi connectivity index (χ0) is 31.2. The minimum Gasteiger partial charge on any atom is -0.494 e. The highest BCUT2D eigenvalue weighted by molar-refractivity contribution is 6.31. The molecule has 10 nitrogen and oxygen atoms in total. The van der Waals surface area contributed by atoms with Crippen molar-refractivity contribution in [1.82, 2.24) is 0 Å². The van der Waals surface area contributed by atoms with E-state index in [1.54, 1.807) is 12.1 Å². The number of ether oxygens (including phenoxy) is 6. The Morgan fingerprint density at radius 1 is 0.810 bits per heavy atom. The first-order chi connectivity index (χ1) is 19.7. The molecule has 3 rings (SSSR count). The highest BCUT2D eigenvalue weighted by Gasteiger charge is 2.52. The second kappa shape index (κ2) is 14.0. The molecule has 2 aromatic carbocycles. The fourth-order valence-electron chi connectivity index (χ4n) is 4.99. The van der Waals surface area contributed by atoms with Crippen LogP contribution in [0.4, 0.5) is 0 Å². The van der Waals surface area contributed by atoms with Gasteiger partial charge in [-0.25, -0.2) is 0 Å². The lowest BCUT2D eigenvalue weighted by atomic mass is 9.77. The van der Waals surface area contributed by atoms with Crippen LogP contribution in [0.5, 0.6) is 5.75 Å². The monoisotopic (exact) mass is 604 g/mol. The largest absolute Gasteiger partial charge is 0.494 e. The Morgan fingerprint density at radius 2 is 1.38 bits per heavy atom. The zero-order valence-corrected chi connectivity index (χ0v) is 25.6. The molecule has 0 spiro atoms. The van der Waals surface area contributed by atoms with Gasteiger partial charge < -0.3 is 28.4 Å². The summed E-state index contributed by atoms with van der Waals surface area (Å²) in [5, 5.41) is 0.489. The van der Waals surface area contributed by atoms with Crippen molar-refractivity contribution in [2.45, 2.75) is 84.4 Å². The molecule has 1 saturated heterocycles. The number of hydrogen-bond donors (Lipinski definition) is 0. The van der Waals surface area contributed by atoms with Crippen molar-refractivity contribution >= 4 is 35.5 Å². The van der Waals surface area contributed by atoms with Crippen LogP contribution in [-0.2, 0) is 48.3 Å². The first-order valence-corrected chi connectivity index (χ1v) is 14.0. The highest BCUT2D eigenvalue weighted by Crippen LogP contribution is 2.42. The van der Waals surface area contributed by atoms with Gasteiger partial charge in [0.2, 0.25) is 0 Å². The Balaban J connectivity index is 2.12. The van der Waals surface area contributed by atoms with Crippen molar-refractivity contribution in [2.75, 3.05) is 13.2 Å². The Morgan fingerprint density at radius 3 is 1.93 bits per heavy atom. The predicted molar refractivity (Wildman–Crippen MR) is 152 cm³/mol. The SMILES string of the molecule is CCOc1ccc(C(C)(C)c2cc([C@@H]3O[C@H](COC(C)=O)[C@@H](OC(C)=O)[C@H](OC(C)=O)[C@H]3OC(C)=O)ccc2Cl)cc1. The van der Waals surface area contributed by atoms with E-state index in [1.165, 1.54) is 27.7 Å². The molecule has 0 unspecified atom stereocenters. The van der Waals surface area contributed by atoms with Gasteiger partial charge in [0.05, 0.1) is 6.61 Å². The van der Waals surface area contributed by atoms with Crippen LogP contribution in [0, 0.1) is 0 Å². The minimum absolute atomic E-state index is 0.313. The molecule has 1 fully saturated rings. The van der Waals surface area contributed by atoms with Crippen LogP contribution in [-0.4, -0.2) is 61.5 Å². The molecule has 2 aromatic rings. The normalized spacial score (nSPS) is 22.0. The van der Waals surface area contributed by atoms with Gasteiger partial charge in [0.1, 0.15) is 24.6 Å². The Labute approximate surface area is 250 Å². The molecule has 1 aliphatic heterocycles. The van der Waals surface area contributed by atoms with Gasteiger partial charge in [0, 0.05) is 38.1 Å². The molecule has 0 radical (unpaired) electrons. The molecule has 0 aromatic heterocycles. The summed E-state index contributed by atoms with van der Waals surface area (Å²) in [7, 11) is 0. The summed E-state index contributed by atoms with van der Waals surface area (Å²) >= 11 is 6.73. The van der Waals surface area contributed by atoms with Crippen molar-refractivity contribution < 1.29 is 47.6 Å². The van der Waals surface area contributed by atoms with Crippen molar-refractivity contribution in [3.8, 4) is 5.75 Å². The third-order valence-corrected chi connectivity index (χ3v) is 7.20. The van der Waals surface area contributed by atoms with E-state index in [9.17, 15) is 19.2 Å². The van der Waals surface area contributed by atoms with E-state index in [0.717, 1.165) is 16.9 Å². The number of carbonyl (C=O) groups is 4. The molecule has 0 bridgehead atoms. The first kappa shape index (κ1) is 32.9. The average molecular weight is 605 g/mol. The summed E-state index contributed by atoms with van der Waals surface area (Å²) in [5.74, 6) is -1.91. The predicted octanol–water partition coefficient (Wildman–Crippen LogP) is 4.86. The molecule has 1 aliphatic rings. The van der Waals surface area contributed by atoms with E-state index in [0.29, 0.717) is 17.2 Å². The standard InChI is InChI=1S/C31H37ClO10/c1-8-37-23-12-10-22(11-13-23)31(6,7)24-15-21(9-14-25(24)32)27-29(40-19(4)35)30(41-20(5)36)28(39-18(3)34)26(42-27)16-38-17(2)33/h9-15,26-30H,8,16H2,1-7H3/t26-,27+,28-,29+,30+/m1/s1. The van der Waals surface area contributed by atoms with Crippen molar-refractivity contribution in [3.63, 3.8) is 0 Å². The summed E-state index contributed by atoms with van der Waals surface area (Å²) < 4.78 is 33.8. The smallest absolute Gasteiger partial charge is 0.303 e. The number of halogens is 1. The fourth-order valence-corrected chi connectivity index (χ4v) is 5.34. The molecule has 228 valence electrons. The van der Waals surface area contributed by atoms with Gasteiger partial charge in [0.25, 0.3) is 0 Å². The van der Waals surface area contributed by atoms with Gasteiger partial charge in [0.15, 0.2) is 18.3 Å². The van der Waals surface area contributed by atoms with Gasteiger partial charge in [-0.1, -0.05) is 49.7 Å². The van der Waals surface area contributed by atoms with Gasteiger partial charge >= 0.3 is 23.9 Å². The lowest BCUT2D eigenvalue weighted by molar-refractivity contribution is -0.254. The summed E-state index contributed by atoms with van der Waals surface area (Å²) in [6.45, 7) is 11.0. The molecule has 0 aliphatic carbocycles. The lowest BCUT2D eigenvalue weighted by Crippen LogP contribution is -2.59. The molecule has 42 heavy (non-hydrogen) atoms. The van der Waals surface area contributed by atoms with Crippen molar-refractivity contribution in [3.05, 3.63) is 64.2 Å². The van der Waals surface area contributed by atoms with E-state index in [1.807, 2.05) is 51.1 Å². The second-order valence-corrected chi connectivity index (χ2v) is 10.8. The minimum atomic E-state index is -1.27. The number of benzene rings is 2. The number of rotatable bonds is 10. The van der Waals surface area contributed by atoms with Crippen LogP contribution in [0.1, 0.15) is 71.3 Å². The van der Waals surface area contributed by atoms with E-state index in [-0.39, 0.29) is 6.61 Å². The third-order valence-electron chi connectivity index (χ3n) is 6.87. The fraction of sp³-hybridized carbons (Fsp3) is 0.484. The summed E-state index contributed by atoms with van der Waals surface area (Å²) in [4.78, 5) is 48.1. The Hall–Kier alpha value is -3.63. The maximum atomic E-state index is 12.3. The van der Waals surface area contributed by atoms with Crippen LogP contribution < -0.4 is 4.74 Å². The highest BCUT2D eigenvalue weighted by atomic mass is 35.5. The van der Waals surface area contributed by atoms with Gasteiger partial charge in [-0.2, -0.15) is 0 Å². The molecular formula is C31H37ClO10. The molecule has 11 heteroatoms. The number of hydrogen-bond acceptors (Lipinski definition) is 10. The van der Waals surface area contributed by atoms with Gasteiger partial charge in [-0.05, 0) is 41.8 Å². The molecule has 0 amide bonds.